The Labute approximate surface area is 185 Å². The largest absolute Gasteiger partial charge is 0.454 e. The summed E-state index contributed by atoms with van der Waals surface area (Å²) in [5.41, 5.74) is 1.26. The van der Waals surface area contributed by atoms with Crippen molar-refractivity contribution in [2.75, 3.05) is 17.9 Å². The van der Waals surface area contributed by atoms with Gasteiger partial charge in [-0.2, -0.15) is 0 Å². The van der Waals surface area contributed by atoms with Gasteiger partial charge in [0.1, 0.15) is 10.8 Å². The highest BCUT2D eigenvalue weighted by atomic mass is 32.2. The molecule has 11 heteroatoms. The van der Waals surface area contributed by atoms with Crippen LogP contribution in [0.5, 0.6) is 11.5 Å². The average molecular weight is 461 g/mol. The number of thioether (sulfide) groups is 1. The molecule has 0 unspecified atom stereocenters. The van der Waals surface area contributed by atoms with Gasteiger partial charge in [0.2, 0.25) is 17.7 Å². The number of fused-ring (bicyclic) bond motifs is 1. The minimum Gasteiger partial charge on any atom is -0.454 e. The van der Waals surface area contributed by atoms with Crippen molar-refractivity contribution in [3.05, 3.63) is 63.9 Å². The minimum atomic E-state index is -0.458. The van der Waals surface area contributed by atoms with Crippen LogP contribution in [-0.2, 0) is 17.1 Å². The van der Waals surface area contributed by atoms with Crippen LogP contribution < -0.4 is 20.1 Å². The number of ether oxygens (including phenoxy) is 2. The number of hydrogen-bond donors (Lipinski definition) is 2. The molecule has 160 valence electrons. The van der Waals surface area contributed by atoms with Crippen molar-refractivity contribution in [3.63, 3.8) is 0 Å². The van der Waals surface area contributed by atoms with Crippen molar-refractivity contribution in [2.45, 2.75) is 12.3 Å². The maximum Gasteiger partial charge on any atom is 0.286 e. The van der Waals surface area contributed by atoms with Crippen LogP contribution in [-0.4, -0.2) is 34.6 Å². The van der Waals surface area contributed by atoms with Crippen molar-refractivity contribution >= 4 is 40.6 Å². The molecule has 0 saturated carbocycles. The summed E-state index contributed by atoms with van der Waals surface area (Å²) in [6.45, 7) is 0.598. The lowest BCUT2D eigenvalue weighted by molar-refractivity contribution is -0.118. The third kappa shape index (κ3) is 5.70. The van der Waals surface area contributed by atoms with Gasteiger partial charge >= 0.3 is 0 Å². The lowest BCUT2D eigenvalue weighted by Crippen LogP contribution is -2.24. The van der Waals surface area contributed by atoms with Gasteiger partial charge in [0.05, 0.1) is 5.75 Å². The van der Waals surface area contributed by atoms with Gasteiger partial charge in [0.15, 0.2) is 11.5 Å². The predicted molar refractivity (Wildman–Crippen MR) is 115 cm³/mol. The van der Waals surface area contributed by atoms with Crippen molar-refractivity contribution in [1.82, 2.24) is 15.5 Å². The molecule has 2 heterocycles. The first kappa shape index (κ1) is 21.1. The first-order chi connectivity index (χ1) is 15.1. The number of benzene rings is 2. The van der Waals surface area contributed by atoms with Gasteiger partial charge in [-0.25, -0.2) is 4.39 Å². The zero-order chi connectivity index (χ0) is 21.6. The van der Waals surface area contributed by atoms with Gasteiger partial charge < -0.3 is 20.1 Å². The number of carbonyl (C=O) groups is 2. The van der Waals surface area contributed by atoms with Crippen LogP contribution in [0.4, 0.5) is 10.1 Å². The number of anilines is 1. The van der Waals surface area contributed by atoms with Crippen molar-refractivity contribution in [2.24, 2.45) is 0 Å². The second-order valence-corrected chi connectivity index (χ2v) is 8.47. The minimum absolute atomic E-state index is 0.115. The first-order valence-corrected chi connectivity index (χ1v) is 11.2. The molecule has 0 spiro atoms. The summed E-state index contributed by atoms with van der Waals surface area (Å²) in [4.78, 5) is 24.3. The Bertz CT molecular complexity index is 1110. The van der Waals surface area contributed by atoms with Crippen LogP contribution in [0.15, 0.2) is 42.5 Å². The number of halogens is 1. The summed E-state index contributed by atoms with van der Waals surface area (Å²) in [5.74, 6) is 1.06. The van der Waals surface area contributed by atoms with Gasteiger partial charge in [0, 0.05) is 18.0 Å². The quantitative estimate of drug-likeness (QED) is 0.532. The fourth-order valence-electron chi connectivity index (χ4n) is 2.69. The normalized spacial score (nSPS) is 11.9. The highest BCUT2D eigenvalue weighted by Crippen LogP contribution is 2.32. The Balaban J connectivity index is 1.20. The molecule has 2 N–H and O–H groups in total. The van der Waals surface area contributed by atoms with E-state index in [1.807, 2.05) is 18.2 Å². The van der Waals surface area contributed by atoms with Crippen LogP contribution in [0, 0.1) is 5.82 Å². The zero-order valence-electron chi connectivity index (χ0n) is 16.1. The summed E-state index contributed by atoms with van der Waals surface area (Å²) in [6.07, 6.45) is 0. The summed E-state index contributed by atoms with van der Waals surface area (Å²) < 4.78 is 23.8. The summed E-state index contributed by atoms with van der Waals surface area (Å²) in [6, 6.07) is 11.1. The summed E-state index contributed by atoms with van der Waals surface area (Å²) >= 11 is 2.50. The molecule has 0 aliphatic carbocycles. The van der Waals surface area contributed by atoms with E-state index in [9.17, 15) is 14.0 Å². The number of nitrogens with one attached hydrogen (secondary N) is 2. The Morgan fingerprint density at radius 2 is 2.00 bits per heavy atom. The molecule has 0 fully saturated rings. The van der Waals surface area contributed by atoms with Gasteiger partial charge in [-0.15, -0.1) is 22.0 Å². The molecule has 8 nitrogen and oxygen atoms in total. The number of nitrogens with zero attached hydrogens (tertiary/aromatic N) is 2. The molecule has 4 rings (SSSR count). The number of carbonyl (C=O) groups excluding carboxylic acids is 2. The van der Waals surface area contributed by atoms with E-state index in [1.54, 1.807) is 6.07 Å². The fraction of sp³-hybridized carbons (Fsp3) is 0.200. The molecule has 1 aromatic heterocycles. The van der Waals surface area contributed by atoms with E-state index in [0.29, 0.717) is 34.5 Å². The van der Waals surface area contributed by atoms with Gasteiger partial charge in [-0.3, -0.25) is 9.59 Å². The zero-order valence-corrected chi connectivity index (χ0v) is 17.7. The third-order valence-corrected chi connectivity index (χ3v) is 6.18. The molecule has 2 aromatic carbocycles. The molecule has 1 aliphatic rings. The maximum absolute atomic E-state index is 13.2. The van der Waals surface area contributed by atoms with E-state index in [2.05, 4.69) is 20.8 Å². The van der Waals surface area contributed by atoms with Crippen molar-refractivity contribution < 1.29 is 23.5 Å². The molecule has 1 aliphatic heterocycles. The van der Waals surface area contributed by atoms with Crippen LogP contribution in [0.2, 0.25) is 0 Å². The second kappa shape index (κ2) is 9.75. The van der Waals surface area contributed by atoms with E-state index in [-0.39, 0.29) is 23.5 Å². The lowest BCUT2D eigenvalue weighted by atomic mass is 10.2. The van der Waals surface area contributed by atoms with Gasteiger partial charge in [-0.05, 0) is 35.9 Å². The molecule has 3 aromatic rings. The molecule has 2 amide bonds. The van der Waals surface area contributed by atoms with E-state index < -0.39 is 11.7 Å². The molecular weight excluding hydrogens is 443 g/mol. The molecule has 0 bridgehead atoms. The molecular formula is C20H17FN4O4S2. The highest BCUT2D eigenvalue weighted by molar-refractivity contribution is 7.99. The maximum atomic E-state index is 13.2. The average Bonchev–Trinajstić information content (AvgIpc) is 3.41. The highest BCUT2D eigenvalue weighted by Gasteiger charge is 2.15. The van der Waals surface area contributed by atoms with Crippen LogP contribution in [0.25, 0.3) is 0 Å². The topological polar surface area (TPSA) is 102 Å². The van der Waals surface area contributed by atoms with E-state index in [4.69, 9.17) is 9.47 Å². The monoisotopic (exact) mass is 460 g/mol. The van der Waals surface area contributed by atoms with E-state index in [1.165, 1.54) is 30.0 Å². The van der Waals surface area contributed by atoms with Crippen molar-refractivity contribution in [1.29, 1.82) is 0 Å². The van der Waals surface area contributed by atoms with Crippen LogP contribution >= 0.6 is 23.1 Å². The van der Waals surface area contributed by atoms with Gasteiger partial charge in [0.25, 0.3) is 5.91 Å². The van der Waals surface area contributed by atoms with E-state index >= 15 is 0 Å². The number of aromatic nitrogens is 2. The Hall–Kier alpha value is -3.18. The number of amides is 2. The van der Waals surface area contributed by atoms with E-state index in [0.717, 1.165) is 16.9 Å². The Kier molecular flexibility index (Phi) is 6.63. The summed E-state index contributed by atoms with van der Waals surface area (Å²) in [7, 11) is 0. The smallest absolute Gasteiger partial charge is 0.286 e. The molecule has 0 atom stereocenters. The lowest BCUT2D eigenvalue weighted by Gasteiger charge is -2.06. The molecule has 31 heavy (non-hydrogen) atoms. The standard InChI is InChI=1S/C20H17FN4O4S2/c21-13-2-1-3-14(7-13)23-19(27)20-25-24-18(31-20)10-30-9-17(26)22-8-12-4-5-15-16(6-12)29-11-28-15/h1-7H,8-11H2,(H,22,26)(H,23,27). The third-order valence-electron chi connectivity index (χ3n) is 4.13. The van der Waals surface area contributed by atoms with Crippen LogP contribution in [0.1, 0.15) is 20.4 Å². The van der Waals surface area contributed by atoms with Crippen molar-refractivity contribution in [3.8, 4) is 11.5 Å². The Morgan fingerprint density at radius 3 is 2.87 bits per heavy atom. The molecule has 0 saturated heterocycles. The number of hydrogen-bond acceptors (Lipinski definition) is 8. The fourth-order valence-corrected chi connectivity index (χ4v) is 4.33. The van der Waals surface area contributed by atoms with Crippen LogP contribution in [0.3, 0.4) is 0 Å². The Morgan fingerprint density at radius 1 is 1.13 bits per heavy atom. The molecule has 0 radical (unpaired) electrons. The second-order valence-electron chi connectivity index (χ2n) is 6.42. The SMILES string of the molecule is O=C(CSCc1nnc(C(=O)Nc2cccc(F)c2)s1)NCc1ccc2c(c1)OCO2. The summed E-state index contributed by atoms with van der Waals surface area (Å²) in [5, 5.41) is 14.1. The van der Waals surface area contributed by atoms with Gasteiger partial charge in [-0.1, -0.05) is 23.5 Å². The predicted octanol–water partition coefficient (Wildman–Crippen LogP) is 3.21. The number of rotatable bonds is 8. The first-order valence-electron chi connectivity index (χ1n) is 9.19.